The van der Waals surface area contributed by atoms with Crippen molar-refractivity contribution in [3.05, 3.63) is 0 Å². The first-order chi connectivity index (χ1) is 4.61. The lowest BCUT2D eigenvalue weighted by Gasteiger charge is -2.05. The largest absolute Gasteiger partial charge is 0.479 e. The normalized spacial score (nSPS) is 40.0. The molecule has 0 aromatic rings. The van der Waals surface area contributed by atoms with Crippen LogP contribution in [-0.4, -0.2) is 23.3 Å². The SMILES string of the molecule is C[C@@H]1O[C@@H](C(=O)O)C[C@@H]1C. The monoisotopic (exact) mass is 144 g/mol. The predicted octanol–water partition coefficient (Wildman–Crippen LogP) is 0.885. The van der Waals surface area contributed by atoms with Crippen molar-refractivity contribution in [2.45, 2.75) is 32.5 Å². The molecule has 3 nitrogen and oxygen atoms in total. The number of carboxylic acids is 1. The van der Waals surface area contributed by atoms with E-state index in [4.69, 9.17) is 9.84 Å². The van der Waals surface area contributed by atoms with Gasteiger partial charge in [0, 0.05) is 0 Å². The van der Waals surface area contributed by atoms with Crippen molar-refractivity contribution in [1.29, 1.82) is 0 Å². The molecule has 0 radical (unpaired) electrons. The van der Waals surface area contributed by atoms with E-state index in [1.54, 1.807) is 0 Å². The molecule has 1 saturated heterocycles. The molecule has 1 N–H and O–H groups in total. The van der Waals surface area contributed by atoms with Gasteiger partial charge >= 0.3 is 5.97 Å². The molecule has 0 saturated carbocycles. The van der Waals surface area contributed by atoms with Gasteiger partial charge in [-0.15, -0.1) is 0 Å². The first-order valence-electron chi connectivity index (χ1n) is 3.49. The third kappa shape index (κ3) is 1.29. The Morgan fingerprint density at radius 1 is 1.60 bits per heavy atom. The van der Waals surface area contributed by atoms with E-state index in [0.29, 0.717) is 12.3 Å². The Balaban J connectivity index is 2.49. The van der Waals surface area contributed by atoms with Crippen LogP contribution in [0.3, 0.4) is 0 Å². The van der Waals surface area contributed by atoms with Crippen molar-refractivity contribution in [2.75, 3.05) is 0 Å². The highest BCUT2D eigenvalue weighted by atomic mass is 16.5. The molecule has 3 heteroatoms. The van der Waals surface area contributed by atoms with E-state index < -0.39 is 12.1 Å². The van der Waals surface area contributed by atoms with Crippen LogP contribution in [-0.2, 0) is 9.53 Å². The molecule has 0 spiro atoms. The number of hydrogen-bond donors (Lipinski definition) is 1. The van der Waals surface area contributed by atoms with Crippen LogP contribution >= 0.6 is 0 Å². The smallest absolute Gasteiger partial charge is 0.332 e. The zero-order valence-electron chi connectivity index (χ0n) is 6.20. The van der Waals surface area contributed by atoms with Crippen LogP contribution in [0.25, 0.3) is 0 Å². The molecule has 1 aliphatic rings. The lowest BCUT2D eigenvalue weighted by atomic mass is 10.0. The molecular weight excluding hydrogens is 132 g/mol. The van der Waals surface area contributed by atoms with Gasteiger partial charge in [-0.1, -0.05) is 6.92 Å². The fourth-order valence-corrected chi connectivity index (χ4v) is 1.14. The minimum absolute atomic E-state index is 0.0982. The third-order valence-electron chi connectivity index (χ3n) is 2.04. The summed E-state index contributed by atoms with van der Waals surface area (Å²) in [7, 11) is 0. The predicted molar refractivity (Wildman–Crippen MR) is 35.8 cm³/mol. The van der Waals surface area contributed by atoms with Crippen molar-refractivity contribution >= 4 is 5.97 Å². The molecule has 1 aliphatic heterocycles. The minimum Gasteiger partial charge on any atom is -0.479 e. The minimum atomic E-state index is -0.837. The van der Waals surface area contributed by atoms with Crippen molar-refractivity contribution in [2.24, 2.45) is 5.92 Å². The molecule has 0 unspecified atom stereocenters. The Bertz CT molecular complexity index is 134. The van der Waals surface area contributed by atoms with E-state index >= 15 is 0 Å². The number of hydrogen-bond acceptors (Lipinski definition) is 2. The van der Waals surface area contributed by atoms with Gasteiger partial charge in [0.05, 0.1) is 6.10 Å². The van der Waals surface area contributed by atoms with Gasteiger partial charge in [0.25, 0.3) is 0 Å². The highest BCUT2D eigenvalue weighted by Crippen LogP contribution is 2.25. The molecule has 1 heterocycles. The molecular formula is C7H12O3. The molecule has 0 aromatic heterocycles. The van der Waals surface area contributed by atoms with Crippen molar-refractivity contribution in [3.8, 4) is 0 Å². The van der Waals surface area contributed by atoms with Crippen LogP contribution in [0, 0.1) is 5.92 Å². The van der Waals surface area contributed by atoms with Crippen molar-refractivity contribution in [3.63, 3.8) is 0 Å². The first-order valence-corrected chi connectivity index (χ1v) is 3.49. The Morgan fingerprint density at radius 3 is 2.40 bits per heavy atom. The molecule has 1 fully saturated rings. The molecule has 1 rings (SSSR count). The summed E-state index contributed by atoms with van der Waals surface area (Å²) >= 11 is 0. The fourth-order valence-electron chi connectivity index (χ4n) is 1.14. The lowest BCUT2D eigenvalue weighted by molar-refractivity contribution is -0.149. The molecule has 10 heavy (non-hydrogen) atoms. The van der Waals surface area contributed by atoms with Crippen LogP contribution in [0.4, 0.5) is 0 Å². The topological polar surface area (TPSA) is 46.5 Å². The molecule has 0 aromatic carbocycles. The van der Waals surface area contributed by atoms with Gasteiger partial charge in [-0.25, -0.2) is 4.79 Å². The highest BCUT2D eigenvalue weighted by molar-refractivity contribution is 5.72. The summed E-state index contributed by atoms with van der Waals surface area (Å²) in [4.78, 5) is 10.4. The Kier molecular flexibility index (Phi) is 1.94. The van der Waals surface area contributed by atoms with E-state index in [1.165, 1.54) is 0 Å². The van der Waals surface area contributed by atoms with Crippen LogP contribution in [0.2, 0.25) is 0 Å². The van der Waals surface area contributed by atoms with Gasteiger partial charge in [0.2, 0.25) is 0 Å². The maximum atomic E-state index is 10.4. The Morgan fingerprint density at radius 2 is 2.20 bits per heavy atom. The van der Waals surface area contributed by atoms with E-state index in [0.717, 1.165) is 0 Å². The zero-order chi connectivity index (χ0) is 7.72. The Hall–Kier alpha value is -0.570. The van der Waals surface area contributed by atoms with E-state index in [9.17, 15) is 4.79 Å². The van der Waals surface area contributed by atoms with Gasteiger partial charge in [-0.2, -0.15) is 0 Å². The summed E-state index contributed by atoms with van der Waals surface area (Å²) in [5, 5.41) is 8.52. The van der Waals surface area contributed by atoms with E-state index in [2.05, 4.69) is 0 Å². The standard InChI is InChI=1S/C7H12O3/c1-4-3-6(7(8)9)10-5(4)2/h4-6H,3H2,1-2H3,(H,8,9)/t4-,5-,6+/m0/s1. The molecule has 3 atom stereocenters. The highest BCUT2D eigenvalue weighted by Gasteiger charge is 2.33. The Labute approximate surface area is 60.0 Å². The number of rotatable bonds is 1. The second-order valence-corrected chi connectivity index (χ2v) is 2.88. The maximum Gasteiger partial charge on any atom is 0.332 e. The summed E-state index contributed by atoms with van der Waals surface area (Å²) in [6.07, 6.45) is 0.183. The lowest BCUT2D eigenvalue weighted by Crippen LogP contribution is -2.19. The fraction of sp³-hybridized carbons (Fsp3) is 0.857. The average Bonchev–Trinajstić information content (AvgIpc) is 2.13. The van der Waals surface area contributed by atoms with Gasteiger partial charge < -0.3 is 9.84 Å². The van der Waals surface area contributed by atoms with Crippen molar-refractivity contribution in [1.82, 2.24) is 0 Å². The summed E-state index contributed by atoms with van der Waals surface area (Å²) in [5.74, 6) is -0.461. The number of carbonyl (C=O) groups is 1. The second-order valence-electron chi connectivity index (χ2n) is 2.88. The summed E-state index contributed by atoms with van der Waals surface area (Å²) in [5.41, 5.74) is 0. The van der Waals surface area contributed by atoms with Gasteiger partial charge in [0.15, 0.2) is 6.10 Å². The van der Waals surface area contributed by atoms with E-state index in [-0.39, 0.29) is 6.10 Å². The van der Waals surface area contributed by atoms with Crippen molar-refractivity contribution < 1.29 is 14.6 Å². The molecule has 0 amide bonds. The van der Waals surface area contributed by atoms with Gasteiger partial charge in [0.1, 0.15) is 0 Å². The second kappa shape index (κ2) is 2.58. The van der Waals surface area contributed by atoms with Crippen LogP contribution < -0.4 is 0 Å². The van der Waals surface area contributed by atoms with Gasteiger partial charge in [-0.3, -0.25) is 0 Å². The number of carboxylic acid groups (broad SMARTS) is 1. The summed E-state index contributed by atoms with van der Waals surface area (Å²) < 4.78 is 5.14. The summed E-state index contributed by atoms with van der Waals surface area (Å²) in [6.45, 7) is 3.92. The van der Waals surface area contributed by atoms with Crippen LogP contribution in [0.1, 0.15) is 20.3 Å². The molecule has 0 aliphatic carbocycles. The number of aliphatic carboxylic acids is 1. The van der Waals surface area contributed by atoms with E-state index in [1.807, 2.05) is 13.8 Å². The zero-order valence-corrected chi connectivity index (χ0v) is 6.20. The molecule has 58 valence electrons. The third-order valence-corrected chi connectivity index (χ3v) is 2.04. The summed E-state index contributed by atoms with van der Waals surface area (Å²) in [6, 6.07) is 0. The van der Waals surface area contributed by atoms with Gasteiger partial charge in [-0.05, 0) is 19.3 Å². The van der Waals surface area contributed by atoms with Crippen LogP contribution in [0.5, 0.6) is 0 Å². The maximum absolute atomic E-state index is 10.4. The average molecular weight is 144 g/mol. The number of ether oxygens (including phenoxy) is 1. The first kappa shape index (κ1) is 7.54. The quantitative estimate of drug-likeness (QED) is 0.594. The molecule has 0 bridgehead atoms. The van der Waals surface area contributed by atoms with Crippen LogP contribution in [0.15, 0.2) is 0 Å².